The second-order valence-corrected chi connectivity index (χ2v) is 10.1. The van der Waals surface area contributed by atoms with Crippen LogP contribution >= 0.6 is 23.2 Å². The molecule has 2 aliphatic heterocycles. The van der Waals surface area contributed by atoms with Crippen LogP contribution in [0.5, 0.6) is 0 Å². The number of nitrogens with zero attached hydrogens (tertiary/aromatic N) is 3. The average Bonchev–Trinajstić information content (AvgIpc) is 2.64. The molecule has 2 fully saturated rings. The van der Waals surface area contributed by atoms with E-state index >= 15 is 0 Å². The minimum Gasteiger partial charge on any atom is -0.340 e. The van der Waals surface area contributed by atoms with Crippen molar-refractivity contribution in [2.75, 3.05) is 46.3 Å². The predicted molar refractivity (Wildman–Crippen MR) is 107 cm³/mol. The van der Waals surface area contributed by atoms with Crippen LogP contribution in [-0.2, 0) is 20.6 Å². The smallest absolute Gasteiger partial charge is 0.225 e. The minimum atomic E-state index is -3.48. The normalized spacial score (nSPS) is 20.8. The predicted octanol–water partition coefficient (Wildman–Crippen LogP) is 2.31. The lowest BCUT2D eigenvalue weighted by atomic mass is 9.96. The maximum atomic E-state index is 12.7. The molecule has 1 aromatic rings. The summed E-state index contributed by atoms with van der Waals surface area (Å²) in [5.41, 5.74) is 0.539. The van der Waals surface area contributed by atoms with Crippen LogP contribution in [0.3, 0.4) is 0 Å². The van der Waals surface area contributed by atoms with E-state index in [4.69, 9.17) is 23.2 Å². The van der Waals surface area contributed by atoms with E-state index in [0.29, 0.717) is 41.5 Å². The Labute approximate surface area is 171 Å². The highest BCUT2D eigenvalue weighted by Gasteiger charge is 2.34. The minimum absolute atomic E-state index is 0.0843. The fourth-order valence-corrected chi connectivity index (χ4v) is 5.74. The Balaban J connectivity index is 1.57. The van der Waals surface area contributed by atoms with Crippen molar-refractivity contribution in [3.8, 4) is 0 Å². The van der Waals surface area contributed by atoms with Crippen LogP contribution in [0, 0.1) is 5.92 Å². The summed E-state index contributed by atoms with van der Waals surface area (Å²) < 4.78 is 27.0. The van der Waals surface area contributed by atoms with E-state index in [1.807, 2.05) is 4.90 Å². The number of rotatable bonds is 4. The van der Waals surface area contributed by atoms with Gasteiger partial charge in [-0.2, -0.15) is 0 Å². The molecule has 6 nitrogen and oxygen atoms in total. The number of carbonyl (C=O) groups excluding carboxylic acids is 1. The van der Waals surface area contributed by atoms with Gasteiger partial charge in [0, 0.05) is 55.2 Å². The third-order valence-corrected chi connectivity index (χ3v) is 7.78. The third kappa shape index (κ3) is 5.15. The van der Waals surface area contributed by atoms with Crippen LogP contribution in [0.1, 0.15) is 18.4 Å². The van der Waals surface area contributed by atoms with Crippen LogP contribution in [0.4, 0.5) is 0 Å². The Bertz CT molecular complexity index is 787. The van der Waals surface area contributed by atoms with Gasteiger partial charge in [0.1, 0.15) is 0 Å². The molecule has 0 radical (unpaired) electrons. The molecule has 0 bridgehead atoms. The van der Waals surface area contributed by atoms with E-state index in [2.05, 4.69) is 11.9 Å². The van der Waals surface area contributed by atoms with Gasteiger partial charge < -0.3 is 9.80 Å². The quantitative estimate of drug-likeness (QED) is 0.730. The zero-order chi connectivity index (χ0) is 19.6. The molecule has 3 rings (SSSR count). The molecule has 0 unspecified atom stereocenters. The SMILES string of the molecule is CN1CCN(C(=O)C2CCN(S(=O)(=O)Cc3ccc(Cl)cc3Cl)CC2)CC1. The van der Waals surface area contributed by atoms with Gasteiger partial charge in [0.05, 0.1) is 5.75 Å². The highest BCUT2D eigenvalue weighted by atomic mass is 35.5. The number of piperazine rings is 1. The molecule has 0 spiro atoms. The summed E-state index contributed by atoms with van der Waals surface area (Å²) in [6, 6.07) is 4.83. The lowest BCUT2D eigenvalue weighted by molar-refractivity contribution is -0.138. The van der Waals surface area contributed by atoms with Crippen molar-refractivity contribution in [1.82, 2.24) is 14.1 Å². The Morgan fingerprint density at radius 2 is 1.70 bits per heavy atom. The van der Waals surface area contributed by atoms with E-state index in [-0.39, 0.29) is 17.6 Å². The largest absolute Gasteiger partial charge is 0.340 e. The van der Waals surface area contributed by atoms with Crippen molar-refractivity contribution in [3.63, 3.8) is 0 Å². The molecule has 2 aliphatic rings. The molecule has 1 amide bonds. The molecule has 1 aromatic carbocycles. The Kier molecular flexibility index (Phi) is 6.69. The first-order valence-corrected chi connectivity index (χ1v) is 11.5. The average molecular weight is 434 g/mol. The fraction of sp³-hybridized carbons (Fsp3) is 0.611. The van der Waals surface area contributed by atoms with E-state index in [1.54, 1.807) is 18.2 Å². The molecule has 27 heavy (non-hydrogen) atoms. The number of amides is 1. The number of piperidine rings is 1. The lowest BCUT2D eigenvalue weighted by Gasteiger charge is -2.37. The van der Waals surface area contributed by atoms with Gasteiger partial charge >= 0.3 is 0 Å². The number of hydrogen-bond acceptors (Lipinski definition) is 4. The van der Waals surface area contributed by atoms with Gasteiger partial charge in [0.25, 0.3) is 0 Å². The van der Waals surface area contributed by atoms with E-state index in [1.165, 1.54) is 4.31 Å². The second kappa shape index (κ2) is 8.66. The number of benzene rings is 1. The van der Waals surface area contributed by atoms with Gasteiger partial charge in [-0.3, -0.25) is 4.79 Å². The Hall–Kier alpha value is -0.860. The summed E-state index contributed by atoms with van der Waals surface area (Å²) in [6.07, 6.45) is 1.14. The third-order valence-electron chi connectivity index (χ3n) is 5.36. The summed E-state index contributed by atoms with van der Waals surface area (Å²) >= 11 is 12.0. The molecule has 0 aromatic heterocycles. The lowest BCUT2D eigenvalue weighted by Crippen LogP contribution is -2.51. The molecule has 2 saturated heterocycles. The zero-order valence-electron chi connectivity index (χ0n) is 15.4. The topological polar surface area (TPSA) is 60.9 Å². The Morgan fingerprint density at radius 1 is 1.07 bits per heavy atom. The summed E-state index contributed by atoms with van der Waals surface area (Å²) in [5.74, 6) is -0.0695. The number of likely N-dealkylation sites (N-methyl/N-ethyl adjacent to an activating group) is 1. The van der Waals surface area contributed by atoms with E-state index < -0.39 is 10.0 Å². The Morgan fingerprint density at radius 3 is 2.30 bits per heavy atom. The highest BCUT2D eigenvalue weighted by molar-refractivity contribution is 7.88. The fourth-order valence-electron chi connectivity index (χ4n) is 3.59. The van der Waals surface area contributed by atoms with Crippen molar-refractivity contribution in [2.24, 2.45) is 5.92 Å². The molecule has 150 valence electrons. The van der Waals surface area contributed by atoms with Crippen LogP contribution in [0.25, 0.3) is 0 Å². The number of halogens is 2. The van der Waals surface area contributed by atoms with Crippen molar-refractivity contribution in [2.45, 2.75) is 18.6 Å². The van der Waals surface area contributed by atoms with E-state index in [0.717, 1.165) is 26.2 Å². The number of carbonyl (C=O) groups is 1. The van der Waals surface area contributed by atoms with Crippen LogP contribution in [0.2, 0.25) is 10.0 Å². The standard InChI is InChI=1S/C18H25Cl2N3O3S/c1-21-8-10-22(11-9-21)18(24)14-4-6-23(7-5-14)27(25,26)13-15-2-3-16(19)12-17(15)20/h2-3,12,14H,4-11,13H2,1H3. The first-order valence-electron chi connectivity index (χ1n) is 9.15. The first kappa shape index (κ1) is 20.9. The van der Waals surface area contributed by atoms with Crippen molar-refractivity contribution < 1.29 is 13.2 Å². The maximum Gasteiger partial charge on any atom is 0.225 e. The molecule has 0 N–H and O–H groups in total. The molecule has 9 heteroatoms. The second-order valence-electron chi connectivity index (χ2n) is 7.29. The van der Waals surface area contributed by atoms with Crippen LogP contribution in [0.15, 0.2) is 18.2 Å². The van der Waals surface area contributed by atoms with Gasteiger partial charge in [-0.1, -0.05) is 29.3 Å². The summed E-state index contributed by atoms with van der Waals surface area (Å²) in [7, 11) is -1.43. The van der Waals surface area contributed by atoms with Gasteiger partial charge in [0.2, 0.25) is 15.9 Å². The van der Waals surface area contributed by atoms with Crippen molar-refractivity contribution >= 4 is 39.1 Å². The molecule has 0 saturated carbocycles. The van der Waals surface area contributed by atoms with Gasteiger partial charge in [-0.25, -0.2) is 12.7 Å². The highest BCUT2D eigenvalue weighted by Crippen LogP contribution is 2.27. The zero-order valence-corrected chi connectivity index (χ0v) is 17.7. The van der Waals surface area contributed by atoms with Gasteiger partial charge in [-0.15, -0.1) is 0 Å². The molecule has 0 aliphatic carbocycles. The van der Waals surface area contributed by atoms with Crippen LogP contribution < -0.4 is 0 Å². The van der Waals surface area contributed by atoms with Crippen molar-refractivity contribution in [3.05, 3.63) is 33.8 Å². The summed E-state index contributed by atoms with van der Waals surface area (Å²) in [6.45, 7) is 4.03. The number of sulfonamides is 1. The van der Waals surface area contributed by atoms with E-state index in [9.17, 15) is 13.2 Å². The van der Waals surface area contributed by atoms with Crippen molar-refractivity contribution in [1.29, 1.82) is 0 Å². The maximum absolute atomic E-state index is 12.7. The summed E-state index contributed by atoms with van der Waals surface area (Å²) in [5, 5.41) is 0.829. The molecule has 0 atom stereocenters. The molecule has 2 heterocycles. The molecular formula is C18H25Cl2N3O3S. The number of hydrogen-bond donors (Lipinski definition) is 0. The van der Waals surface area contributed by atoms with Gasteiger partial charge in [0.15, 0.2) is 0 Å². The molecular weight excluding hydrogens is 409 g/mol. The summed E-state index contributed by atoms with van der Waals surface area (Å²) in [4.78, 5) is 16.8. The van der Waals surface area contributed by atoms with Crippen LogP contribution in [-0.4, -0.2) is 74.7 Å². The first-order chi connectivity index (χ1) is 12.8. The van der Waals surface area contributed by atoms with Gasteiger partial charge in [-0.05, 0) is 37.6 Å². The monoisotopic (exact) mass is 433 g/mol.